The molecule has 2 aliphatic rings. The zero-order valence-corrected chi connectivity index (χ0v) is 16.1. The van der Waals surface area contributed by atoms with Gasteiger partial charge in [-0.2, -0.15) is 5.10 Å². The quantitative estimate of drug-likeness (QED) is 0.736. The Bertz CT molecular complexity index is 803. The number of carbonyl (C=O) groups excluding carboxylic acids is 1. The molecule has 0 spiro atoms. The van der Waals surface area contributed by atoms with E-state index < -0.39 is 0 Å². The molecule has 6 nitrogen and oxygen atoms in total. The third-order valence-electron chi connectivity index (χ3n) is 5.83. The molecule has 0 radical (unpaired) electrons. The molecule has 1 aliphatic carbocycles. The number of nitrogens with zero attached hydrogens (tertiary/aromatic N) is 4. The lowest BCUT2D eigenvalue weighted by molar-refractivity contribution is 0.0784. The van der Waals surface area contributed by atoms with Gasteiger partial charge in [-0.1, -0.05) is 6.08 Å². The van der Waals surface area contributed by atoms with E-state index in [1.54, 1.807) is 6.26 Å². The van der Waals surface area contributed by atoms with E-state index in [0.717, 1.165) is 63.1 Å². The highest BCUT2D eigenvalue weighted by Gasteiger charge is 2.33. The number of aromatic nitrogens is 2. The maximum atomic E-state index is 13.1. The fourth-order valence-corrected chi connectivity index (χ4v) is 4.34. The van der Waals surface area contributed by atoms with Crippen molar-refractivity contribution in [2.45, 2.75) is 51.2 Å². The van der Waals surface area contributed by atoms with Gasteiger partial charge in [-0.15, -0.1) is 6.58 Å². The highest BCUT2D eigenvalue weighted by atomic mass is 16.3. The number of hydrogen-bond acceptors (Lipinski definition) is 4. The van der Waals surface area contributed by atoms with E-state index in [1.165, 1.54) is 5.69 Å². The third-order valence-corrected chi connectivity index (χ3v) is 5.83. The van der Waals surface area contributed by atoms with E-state index in [2.05, 4.69) is 18.5 Å². The Kier molecular flexibility index (Phi) is 5.16. The molecule has 1 amide bonds. The summed E-state index contributed by atoms with van der Waals surface area (Å²) in [6.45, 7) is 6.98. The fourth-order valence-electron chi connectivity index (χ4n) is 4.34. The zero-order valence-electron chi connectivity index (χ0n) is 16.1. The Hall–Kier alpha value is -2.34. The lowest BCUT2D eigenvalue weighted by Gasteiger charge is -2.31. The summed E-state index contributed by atoms with van der Waals surface area (Å²) < 4.78 is 7.48. The maximum absolute atomic E-state index is 13.1. The van der Waals surface area contributed by atoms with Gasteiger partial charge < -0.3 is 9.32 Å². The van der Waals surface area contributed by atoms with Crippen LogP contribution < -0.4 is 0 Å². The van der Waals surface area contributed by atoms with Crippen molar-refractivity contribution >= 4 is 5.91 Å². The Morgan fingerprint density at radius 1 is 1.44 bits per heavy atom. The first-order valence-corrected chi connectivity index (χ1v) is 9.88. The lowest BCUT2D eigenvalue weighted by Crippen LogP contribution is -2.37. The Morgan fingerprint density at radius 2 is 2.26 bits per heavy atom. The number of allylic oxidation sites excluding steroid dienone is 1. The van der Waals surface area contributed by atoms with Crippen LogP contribution in [-0.4, -0.2) is 51.7 Å². The molecule has 0 saturated carbocycles. The van der Waals surface area contributed by atoms with E-state index >= 15 is 0 Å². The molecule has 4 rings (SSSR count). The number of fused-ring (bicyclic) bond motifs is 1. The predicted octanol–water partition coefficient (Wildman–Crippen LogP) is 2.89. The highest BCUT2D eigenvalue weighted by Crippen LogP contribution is 2.29. The van der Waals surface area contributed by atoms with Crippen LogP contribution in [0.2, 0.25) is 0 Å². The normalized spacial score (nSPS) is 19.5. The summed E-state index contributed by atoms with van der Waals surface area (Å²) in [5.74, 6) is 1.07. The summed E-state index contributed by atoms with van der Waals surface area (Å²) in [7, 11) is 2.13. The van der Waals surface area contributed by atoms with Gasteiger partial charge in [0, 0.05) is 30.4 Å². The van der Waals surface area contributed by atoms with Gasteiger partial charge in [-0.25, -0.2) is 0 Å². The van der Waals surface area contributed by atoms with E-state index in [1.807, 2.05) is 27.8 Å². The van der Waals surface area contributed by atoms with Crippen molar-refractivity contribution in [3.05, 3.63) is 53.8 Å². The highest BCUT2D eigenvalue weighted by molar-refractivity contribution is 5.94. The van der Waals surface area contributed by atoms with Gasteiger partial charge in [-0.3, -0.25) is 14.4 Å². The minimum absolute atomic E-state index is 0.0981. The molecular weight excluding hydrogens is 340 g/mol. The number of carbonyl (C=O) groups is 1. The Labute approximate surface area is 160 Å². The van der Waals surface area contributed by atoms with Gasteiger partial charge >= 0.3 is 0 Å². The van der Waals surface area contributed by atoms with Crippen LogP contribution in [0.4, 0.5) is 0 Å². The van der Waals surface area contributed by atoms with Crippen LogP contribution in [0.5, 0.6) is 0 Å². The number of likely N-dealkylation sites (N-methyl/N-ethyl adjacent to an activating group) is 1. The average molecular weight is 368 g/mol. The Morgan fingerprint density at radius 3 is 2.96 bits per heavy atom. The Balaban J connectivity index is 1.58. The minimum Gasteiger partial charge on any atom is -0.468 e. The molecule has 27 heavy (non-hydrogen) atoms. The monoisotopic (exact) mass is 368 g/mol. The van der Waals surface area contributed by atoms with Crippen molar-refractivity contribution in [1.29, 1.82) is 0 Å². The summed E-state index contributed by atoms with van der Waals surface area (Å²) in [6, 6.07) is 4.32. The van der Waals surface area contributed by atoms with Crippen LogP contribution in [-0.2, 0) is 25.9 Å². The van der Waals surface area contributed by atoms with Crippen LogP contribution in [0.15, 0.2) is 35.5 Å². The average Bonchev–Trinajstić information content (AvgIpc) is 3.43. The van der Waals surface area contributed by atoms with Crippen molar-refractivity contribution in [2.75, 3.05) is 20.1 Å². The van der Waals surface area contributed by atoms with Gasteiger partial charge in [0.15, 0.2) is 5.69 Å². The summed E-state index contributed by atoms with van der Waals surface area (Å²) in [5.41, 5.74) is 3.00. The number of likely N-dealkylation sites (tertiary alicyclic amines) is 1. The molecule has 2 aromatic rings. The first kappa shape index (κ1) is 18.0. The molecule has 3 heterocycles. The van der Waals surface area contributed by atoms with Crippen molar-refractivity contribution in [1.82, 2.24) is 19.6 Å². The molecule has 6 heteroatoms. The van der Waals surface area contributed by atoms with Gasteiger partial charge in [0.25, 0.3) is 5.91 Å². The zero-order chi connectivity index (χ0) is 18.8. The van der Waals surface area contributed by atoms with Crippen LogP contribution in [0.25, 0.3) is 0 Å². The number of furan rings is 1. The van der Waals surface area contributed by atoms with Crippen LogP contribution in [0.3, 0.4) is 0 Å². The van der Waals surface area contributed by atoms with Gasteiger partial charge in [0.2, 0.25) is 0 Å². The summed E-state index contributed by atoms with van der Waals surface area (Å²) in [4.78, 5) is 17.4. The largest absolute Gasteiger partial charge is 0.468 e. The standard InChI is InChI=1S/C21H28N4O2/c1-3-10-25-19-9-8-16(23(2)15-17-7-6-13-27-17)14-18(19)20(22-25)21(26)24-11-4-5-12-24/h3,6-7,13,16H,1,4-5,8-12,14-15H2,2H3. The predicted molar refractivity (Wildman–Crippen MR) is 104 cm³/mol. The molecule has 1 unspecified atom stereocenters. The van der Waals surface area contributed by atoms with E-state index in [4.69, 9.17) is 9.52 Å². The van der Waals surface area contributed by atoms with Crippen molar-refractivity contribution in [3.8, 4) is 0 Å². The van der Waals surface area contributed by atoms with E-state index in [9.17, 15) is 4.79 Å². The van der Waals surface area contributed by atoms with Gasteiger partial charge in [0.05, 0.1) is 19.4 Å². The van der Waals surface area contributed by atoms with E-state index in [-0.39, 0.29) is 5.91 Å². The molecule has 1 aliphatic heterocycles. The SMILES string of the molecule is C=CCn1nc(C(=O)N2CCCC2)c2c1CCC(N(C)Cc1ccco1)C2. The molecule has 1 saturated heterocycles. The van der Waals surface area contributed by atoms with Crippen LogP contribution in [0, 0.1) is 0 Å². The molecule has 1 fully saturated rings. The third kappa shape index (κ3) is 3.58. The summed E-state index contributed by atoms with van der Waals surface area (Å²) in [5, 5.41) is 4.71. The van der Waals surface area contributed by atoms with Crippen LogP contribution in [0.1, 0.15) is 46.8 Å². The second kappa shape index (κ2) is 7.72. The van der Waals surface area contributed by atoms with Gasteiger partial charge in [0.1, 0.15) is 5.76 Å². The second-order valence-corrected chi connectivity index (χ2v) is 7.64. The van der Waals surface area contributed by atoms with Gasteiger partial charge in [-0.05, 0) is 51.3 Å². The molecular formula is C21H28N4O2. The first-order chi connectivity index (χ1) is 13.2. The lowest BCUT2D eigenvalue weighted by atomic mass is 9.90. The maximum Gasteiger partial charge on any atom is 0.274 e. The van der Waals surface area contributed by atoms with E-state index in [0.29, 0.717) is 18.3 Å². The number of amides is 1. The fraction of sp³-hybridized carbons (Fsp3) is 0.524. The van der Waals surface area contributed by atoms with Crippen molar-refractivity contribution in [2.24, 2.45) is 0 Å². The molecule has 0 bridgehead atoms. The topological polar surface area (TPSA) is 54.5 Å². The second-order valence-electron chi connectivity index (χ2n) is 7.64. The first-order valence-electron chi connectivity index (χ1n) is 9.88. The summed E-state index contributed by atoms with van der Waals surface area (Å²) in [6.07, 6.45) is 8.62. The molecule has 0 N–H and O–H groups in total. The molecule has 0 aromatic carbocycles. The molecule has 1 atom stereocenters. The van der Waals surface area contributed by atoms with Crippen molar-refractivity contribution < 1.29 is 9.21 Å². The number of rotatable bonds is 6. The molecule has 2 aromatic heterocycles. The number of hydrogen-bond donors (Lipinski definition) is 0. The van der Waals surface area contributed by atoms with Crippen molar-refractivity contribution in [3.63, 3.8) is 0 Å². The van der Waals surface area contributed by atoms with Crippen LogP contribution >= 0.6 is 0 Å². The summed E-state index contributed by atoms with van der Waals surface area (Å²) >= 11 is 0. The molecule has 144 valence electrons. The smallest absolute Gasteiger partial charge is 0.274 e. The minimum atomic E-state index is 0.0981.